The first kappa shape index (κ1) is 21.5. The van der Waals surface area contributed by atoms with Crippen molar-refractivity contribution < 1.29 is 24.0 Å². The van der Waals surface area contributed by atoms with Gasteiger partial charge in [-0.15, -0.1) is 0 Å². The summed E-state index contributed by atoms with van der Waals surface area (Å²) in [6.45, 7) is 0.208. The summed E-state index contributed by atoms with van der Waals surface area (Å²) < 4.78 is 11.3. The molecule has 2 saturated carbocycles. The molecule has 1 saturated heterocycles. The molecule has 7 rings (SSSR count). The van der Waals surface area contributed by atoms with Crippen molar-refractivity contribution in [3.05, 3.63) is 75.9 Å². The van der Waals surface area contributed by atoms with E-state index in [0.29, 0.717) is 28.9 Å². The highest BCUT2D eigenvalue weighted by molar-refractivity contribution is 6.06. The van der Waals surface area contributed by atoms with E-state index >= 15 is 0 Å². The molecule has 178 valence electrons. The van der Waals surface area contributed by atoms with E-state index in [1.165, 1.54) is 25.5 Å². The Morgan fingerprint density at radius 2 is 1.69 bits per heavy atom. The maximum absolute atomic E-state index is 13.1. The minimum absolute atomic E-state index is 0.0184. The SMILES string of the molecule is COc1cc(/C=N\N2C(=O)[C@@H]3[C@H]4C=C[C@@H]([C@@H]5C[C@@H]45)[C@H]3C2=O)ccc1OCc1ccc([N+](=O)[O-])cc1. The number of non-ortho nitro benzene ring substituents is 1. The van der Waals surface area contributed by atoms with Crippen molar-refractivity contribution >= 4 is 23.7 Å². The first-order valence-electron chi connectivity index (χ1n) is 11.6. The number of nitrogens with zero attached hydrogens (tertiary/aromatic N) is 3. The van der Waals surface area contributed by atoms with Gasteiger partial charge in [0.05, 0.1) is 30.1 Å². The number of hydrogen-bond acceptors (Lipinski definition) is 7. The number of benzene rings is 2. The standard InChI is InChI=1S/C26H23N3O6/c1-34-22-10-15(4-9-21(22)35-13-14-2-5-16(6-3-14)29(32)33)12-27-28-25(30)23-17-7-8-18(20-11-19(17)20)24(23)26(28)31/h2-10,12,17-20,23-24H,11,13H2,1H3/b27-12-/t17-,18-,19-,20-,23+,24+/m0/s1. The van der Waals surface area contributed by atoms with E-state index in [4.69, 9.17) is 9.47 Å². The molecule has 35 heavy (non-hydrogen) atoms. The maximum atomic E-state index is 13.1. The smallest absolute Gasteiger partial charge is 0.269 e. The summed E-state index contributed by atoms with van der Waals surface area (Å²) >= 11 is 0. The number of imide groups is 1. The number of nitro benzene ring substituents is 1. The van der Waals surface area contributed by atoms with Crippen LogP contribution in [-0.2, 0) is 16.2 Å². The Kier molecular flexibility index (Phi) is 4.94. The van der Waals surface area contributed by atoms with E-state index < -0.39 is 4.92 Å². The Morgan fingerprint density at radius 1 is 1.03 bits per heavy atom. The van der Waals surface area contributed by atoms with Crippen LogP contribution in [0.3, 0.4) is 0 Å². The Bertz CT molecular complexity index is 1250. The molecule has 4 aliphatic carbocycles. The fourth-order valence-corrected chi connectivity index (χ4v) is 5.94. The molecule has 1 heterocycles. The number of amides is 2. The lowest BCUT2D eigenvalue weighted by Crippen LogP contribution is -2.40. The monoisotopic (exact) mass is 473 g/mol. The van der Waals surface area contributed by atoms with Crippen LogP contribution >= 0.6 is 0 Å². The van der Waals surface area contributed by atoms with E-state index in [9.17, 15) is 19.7 Å². The largest absolute Gasteiger partial charge is 0.493 e. The molecule has 2 bridgehead atoms. The average molecular weight is 473 g/mol. The van der Waals surface area contributed by atoms with Crippen LogP contribution in [0.25, 0.3) is 0 Å². The number of hydrazone groups is 1. The van der Waals surface area contributed by atoms with Gasteiger partial charge < -0.3 is 9.47 Å². The molecule has 2 amide bonds. The summed E-state index contributed by atoms with van der Waals surface area (Å²) in [5.74, 6) is 1.44. The second kappa shape index (κ2) is 8.04. The van der Waals surface area contributed by atoms with E-state index in [0.717, 1.165) is 17.0 Å². The molecule has 2 aromatic carbocycles. The van der Waals surface area contributed by atoms with Gasteiger partial charge in [-0.3, -0.25) is 19.7 Å². The van der Waals surface area contributed by atoms with E-state index in [1.54, 1.807) is 30.3 Å². The van der Waals surface area contributed by atoms with Crippen LogP contribution in [0.2, 0.25) is 0 Å². The van der Waals surface area contributed by atoms with Crippen LogP contribution in [0.1, 0.15) is 17.5 Å². The van der Waals surface area contributed by atoms with Gasteiger partial charge in [-0.25, -0.2) is 0 Å². The zero-order valence-electron chi connectivity index (χ0n) is 18.9. The Labute approximate surface area is 201 Å². The van der Waals surface area contributed by atoms with Crippen LogP contribution in [-0.4, -0.2) is 35.1 Å². The van der Waals surface area contributed by atoms with Gasteiger partial charge in [0.2, 0.25) is 0 Å². The summed E-state index contributed by atoms with van der Waals surface area (Å²) in [6.07, 6.45) is 6.89. The molecule has 0 radical (unpaired) electrons. The summed E-state index contributed by atoms with van der Waals surface area (Å²) in [4.78, 5) is 36.5. The van der Waals surface area contributed by atoms with Crippen LogP contribution in [0.4, 0.5) is 5.69 Å². The number of nitro groups is 1. The van der Waals surface area contributed by atoms with Gasteiger partial charge in [0, 0.05) is 12.1 Å². The molecular formula is C26H23N3O6. The van der Waals surface area contributed by atoms with Gasteiger partial charge in [-0.1, -0.05) is 12.2 Å². The predicted molar refractivity (Wildman–Crippen MR) is 125 cm³/mol. The lowest BCUT2D eigenvalue weighted by Gasteiger charge is -2.37. The average Bonchev–Trinajstić information content (AvgIpc) is 3.66. The summed E-state index contributed by atoms with van der Waals surface area (Å²) in [5.41, 5.74) is 1.45. The van der Waals surface area contributed by atoms with E-state index in [2.05, 4.69) is 17.3 Å². The first-order chi connectivity index (χ1) is 17.0. The Hall–Kier alpha value is -4.01. The molecule has 9 nitrogen and oxygen atoms in total. The molecule has 0 N–H and O–H groups in total. The number of allylic oxidation sites excluding steroid dienone is 2. The number of carbonyl (C=O) groups is 2. The normalized spacial score (nSPS) is 29.9. The highest BCUT2D eigenvalue weighted by Gasteiger charge is 2.67. The molecule has 9 heteroatoms. The zero-order chi connectivity index (χ0) is 24.3. The highest BCUT2D eigenvalue weighted by atomic mass is 16.6. The first-order valence-corrected chi connectivity index (χ1v) is 11.6. The third-order valence-electron chi connectivity index (χ3n) is 7.69. The van der Waals surface area contributed by atoms with Gasteiger partial charge in [-0.05, 0) is 71.6 Å². The Balaban J connectivity index is 1.15. The third kappa shape index (κ3) is 3.50. The number of ether oxygens (including phenoxy) is 2. The van der Waals surface area contributed by atoms with Crippen molar-refractivity contribution in [2.24, 2.45) is 40.6 Å². The maximum Gasteiger partial charge on any atom is 0.269 e. The lowest BCUT2D eigenvalue weighted by atomic mass is 9.63. The third-order valence-corrected chi connectivity index (χ3v) is 7.69. The summed E-state index contributed by atoms with van der Waals surface area (Å²) in [6, 6.07) is 11.3. The molecule has 0 aromatic heterocycles. The molecule has 0 spiro atoms. The minimum Gasteiger partial charge on any atom is -0.493 e. The number of rotatable bonds is 7. The van der Waals surface area contributed by atoms with Crippen molar-refractivity contribution in [2.45, 2.75) is 13.0 Å². The van der Waals surface area contributed by atoms with Gasteiger partial charge in [-0.2, -0.15) is 10.1 Å². The van der Waals surface area contributed by atoms with Gasteiger partial charge in [0.25, 0.3) is 17.5 Å². The van der Waals surface area contributed by atoms with Crippen molar-refractivity contribution in [3.63, 3.8) is 0 Å². The van der Waals surface area contributed by atoms with Gasteiger partial charge in [0.1, 0.15) is 6.61 Å². The molecule has 6 atom stereocenters. The molecular weight excluding hydrogens is 450 g/mol. The molecule has 5 aliphatic rings. The summed E-state index contributed by atoms with van der Waals surface area (Å²) in [5, 5.41) is 16.1. The van der Waals surface area contributed by atoms with Crippen LogP contribution < -0.4 is 9.47 Å². The van der Waals surface area contributed by atoms with Gasteiger partial charge in [0.15, 0.2) is 11.5 Å². The van der Waals surface area contributed by atoms with Crippen LogP contribution in [0.15, 0.2) is 59.7 Å². The second-order valence-corrected chi connectivity index (χ2v) is 9.51. The van der Waals surface area contributed by atoms with Crippen molar-refractivity contribution in [1.29, 1.82) is 0 Å². The predicted octanol–water partition coefficient (Wildman–Crippen LogP) is 3.57. The molecule has 3 fully saturated rings. The minimum atomic E-state index is -0.450. The molecule has 0 unspecified atom stereocenters. The fourth-order valence-electron chi connectivity index (χ4n) is 5.94. The summed E-state index contributed by atoms with van der Waals surface area (Å²) in [7, 11) is 1.52. The zero-order valence-corrected chi connectivity index (χ0v) is 18.9. The number of hydrogen-bond donors (Lipinski definition) is 0. The molecule has 2 aromatic rings. The van der Waals surface area contributed by atoms with Crippen molar-refractivity contribution in [2.75, 3.05) is 7.11 Å². The second-order valence-electron chi connectivity index (χ2n) is 9.51. The van der Waals surface area contributed by atoms with Gasteiger partial charge >= 0.3 is 0 Å². The van der Waals surface area contributed by atoms with Crippen LogP contribution in [0.5, 0.6) is 11.5 Å². The van der Waals surface area contributed by atoms with Crippen molar-refractivity contribution in [3.8, 4) is 11.5 Å². The highest BCUT2D eigenvalue weighted by Crippen LogP contribution is 2.65. The van der Waals surface area contributed by atoms with Crippen LogP contribution in [0, 0.1) is 45.6 Å². The number of carbonyl (C=O) groups excluding carboxylic acids is 2. The molecule has 1 aliphatic heterocycles. The Morgan fingerprint density at radius 3 is 2.29 bits per heavy atom. The lowest BCUT2D eigenvalue weighted by molar-refractivity contribution is -0.384. The van der Waals surface area contributed by atoms with Crippen molar-refractivity contribution in [1.82, 2.24) is 5.01 Å². The quantitative estimate of drug-likeness (QED) is 0.200. The fraction of sp³-hybridized carbons (Fsp3) is 0.346. The van der Waals surface area contributed by atoms with E-state index in [1.807, 2.05) is 0 Å². The topological polar surface area (TPSA) is 111 Å². The number of methoxy groups -OCH3 is 1. The van der Waals surface area contributed by atoms with E-state index in [-0.39, 0.29) is 47.8 Å².